The smallest absolute Gasteiger partial charge is 0.141 e. The fraction of sp³-hybridized carbons (Fsp3) is 0.375. The SMILES string of the molecule is CC(C)(C)c1cc(-c2cn3c(n2)-c2ccccc2C3)cc(C(C)(C)C)c1O. The molecule has 140 valence electrons. The zero-order valence-electron chi connectivity index (χ0n) is 17.1. The molecule has 0 fully saturated rings. The highest BCUT2D eigenvalue weighted by molar-refractivity contribution is 5.72. The Morgan fingerprint density at radius 1 is 0.926 bits per heavy atom. The molecule has 0 radical (unpaired) electrons. The van der Waals surface area contributed by atoms with E-state index >= 15 is 0 Å². The third kappa shape index (κ3) is 2.95. The average molecular weight is 361 g/mol. The maximum atomic E-state index is 11.0. The molecule has 3 nitrogen and oxygen atoms in total. The molecule has 0 unspecified atom stereocenters. The van der Waals surface area contributed by atoms with Crippen molar-refractivity contribution in [1.82, 2.24) is 9.55 Å². The first-order chi connectivity index (χ1) is 12.6. The largest absolute Gasteiger partial charge is 0.507 e. The van der Waals surface area contributed by atoms with Crippen molar-refractivity contribution in [1.29, 1.82) is 0 Å². The van der Waals surface area contributed by atoms with Gasteiger partial charge in [-0.1, -0.05) is 65.8 Å². The van der Waals surface area contributed by atoms with Gasteiger partial charge in [0.15, 0.2) is 0 Å². The second kappa shape index (κ2) is 5.72. The lowest BCUT2D eigenvalue weighted by Crippen LogP contribution is -2.17. The predicted octanol–water partition coefficient (Wildman–Crippen LogP) is 5.88. The van der Waals surface area contributed by atoms with Gasteiger partial charge in [-0.15, -0.1) is 0 Å². The van der Waals surface area contributed by atoms with Gasteiger partial charge in [0.05, 0.1) is 5.69 Å². The van der Waals surface area contributed by atoms with E-state index in [0.29, 0.717) is 5.75 Å². The lowest BCUT2D eigenvalue weighted by molar-refractivity contribution is 0.423. The van der Waals surface area contributed by atoms with Gasteiger partial charge < -0.3 is 9.67 Å². The minimum Gasteiger partial charge on any atom is -0.507 e. The Balaban J connectivity index is 1.89. The molecule has 0 atom stereocenters. The van der Waals surface area contributed by atoms with Crippen molar-refractivity contribution in [3.63, 3.8) is 0 Å². The number of benzene rings is 2. The summed E-state index contributed by atoms with van der Waals surface area (Å²) in [6.45, 7) is 13.7. The number of aromatic hydroxyl groups is 1. The van der Waals surface area contributed by atoms with Gasteiger partial charge in [-0.2, -0.15) is 0 Å². The molecule has 0 spiro atoms. The Bertz CT molecular complexity index is 994. The van der Waals surface area contributed by atoms with Gasteiger partial charge in [0.25, 0.3) is 0 Å². The summed E-state index contributed by atoms with van der Waals surface area (Å²) in [5, 5.41) is 11.0. The van der Waals surface area contributed by atoms with Crippen LogP contribution in [0.5, 0.6) is 5.75 Å². The van der Waals surface area contributed by atoms with Crippen LogP contribution < -0.4 is 0 Å². The Labute approximate surface area is 161 Å². The standard InChI is InChI=1S/C24H28N2O/c1-23(2,3)18-11-16(12-19(21(18)27)24(4,5)6)20-14-26-13-15-9-7-8-10-17(15)22(26)25-20/h7-12,14,27H,13H2,1-6H3. The summed E-state index contributed by atoms with van der Waals surface area (Å²) in [4.78, 5) is 4.96. The van der Waals surface area contributed by atoms with Crippen molar-refractivity contribution in [3.05, 3.63) is 59.3 Å². The molecule has 27 heavy (non-hydrogen) atoms. The van der Waals surface area contributed by atoms with Gasteiger partial charge in [0.1, 0.15) is 11.6 Å². The number of imidazole rings is 1. The highest BCUT2D eigenvalue weighted by Gasteiger charge is 2.28. The third-order valence-electron chi connectivity index (χ3n) is 5.40. The predicted molar refractivity (Wildman–Crippen MR) is 111 cm³/mol. The summed E-state index contributed by atoms with van der Waals surface area (Å²) in [5.74, 6) is 1.44. The minimum atomic E-state index is -0.144. The van der Waals surface area contributed by atoms with E-state index in [9.17, 15) is 5.11 Å². The van der Waals surface area contributed by atoms with E-state index in [0.717, 1.165) is 34.8 Å². The zero-order valence-corrected chi connectivity index (χ0v) is 17.1. The number of hydrogen-bond acceptors (Lipinski definition) is 2. The molecule has 3 aromatic rings. The Kier molecular flexibility index (Phi) is 3.78. The van der Waals surface area contributed by atoms with Gasteiger partial charge >= 0.3 is 0 Å². The summed E-state index contributed by atoms with van der Waals surface area (Å²) in [6, 6.07) is 12.7. The first-order valence-electron chi connectivity index (χ1n) is 9.59. The summed E-state index contributed by atoms with van der Waals surface area (Å²) in [6.07, 6.45) is 2.14. The first kappa shape index (κ1) is 17.8. The van der Waals surface area contributed by atoms with Crippen LogP contribution >= 0.6 is 0 Å². The molecule has 2 aromatic carbocycles. The van der Waals surface area contributed by atoms with Crippen LogP contribution in [0.1, 0.15) is 58.2 Å². The van der Waals surface area contributed by atoms with E-state index in [1.165, 1.54) is 11.1 Å². The van der Waals surface area contributed by atoms with Crippen molar-refractivity contribution < 1.29 is 5.11 Å². The Morgan fingerprint density at radius 3 is 2.11 bits per heavy atom. The van der Waals surface area contributed by atoms with Crippen molar-refractivity contribution in [2.75, 3.05) is 0 Å². The second-order valence-corrected chi connectivity index (χ2v) is 9.65. The molecule has 1 aromatic heterocycles. The molecule has 0 aliphatic carbocycles. The van der Waals surface area contributed by atoms with Crippen LogP contribution in [0, 0.1) is 0 Å². The fourth-order valence-electron chi connectivity index (χ4n) is 3.88. The van der Waals surface area contributed by atoms with Crippen molar-refractivity contribution >= 4 is 0 Å². The molecule has 1 N–H and O–H groups in total. The number of nitrogens with zero attached hydrogens (tertiary/aromatic N) is 2. The van der Waals surface area contributed by atoms with E-state index in [-0.39, 0.29) is 10.8 Å². The van der Waals surface area contributed by atoms with Crippen LogP contribution in [0.3, 0.4) is 0 Å². The lowest BCUT2D eigenvalue weighted by Gasteiger charge is -2.28. The fourth-order valence-corrected chi connectivity index (χ4v) is 3.88. The van der Waals surface area contributed by atoms with Gasteiger partial charge in [-0.05, 0) is 28.5 Å². The molecule has 3 heteroatoms. The molecular formula is C24H28N2O. The molecule has 1 aliphatic rings. The van der Waals surface area contributed by atoms with Crippen molar-refractivity contribution in [2.45, 2.75) is 58.9 Å². The van der Waals surface area contributed by atoms with Crippen molar-refractivity contribution in [3.8, 4) is 28.4 Å². The van der Waals surface area contributed by atoms with Gasteiger partial charge in [-0.25, -0.2) is 4.98 Å². The van der Waals surface area contributed by atoms with Crippen LogP contribution in [0.4, 0.5) is 0 Å². The van der Waals surface area contributed by atoms with E-state index in [1.807, 2.05) is 0 Å². The maximum absolute atomic E-state index is 11.0. The summed E-state index contributed by atoms with van der Waals surface area (Å²) in [5.41, 5.74) is 6.23. The summed E-state index contributed by atoms with van der Waals surface area (Å²) >= 11 is 0. The third-order valence-corrected chi connectivity index (χ3v) is 5.40. The highest BCUT2D eigenvalue weighted by atomic mass is 16.3. The van der Waals surface area contributed by atoms with E-state index in [1.54, 1.807) is 0 Å². The number of rotatable bonds is 1. The van der Waals surface area contributed by atoms with Crippen LogP contribution in [0.25, 0.3) is 22.6 Å². The van der Waals surface area contributed by atoms with Crippen LogP contribution in [-0.2, 0) is 17.4 Å². The maximum Gasteiger partial charge on any atom is 0.141 e. The minimum absolute atomic E-state index is 0.144. The number of aromatic nitrogens is 2. The van der Waals surface area contributed by atoms with Gasteiger partial charge in [0, 0.05) is 35.0 Å². The molecule has 0 amide bonds. The highest BCUT2D eigenvalue weighted by Crippen LogP contribution is 2.42. The van der Waals surface area contributed by atoms with E-state index < -0.39 is 0 Å². The number of fused-ring (bicyclic) bond motifs is 3. The van der Waals surface area contributed by atoms with Crippen LogP contribution in [-0.4, -0.2) is 14.7 Å². The van der Waals surface area contributed by atoms with E-state index in [2.05, 4.69) is 88.7 Å². The second-order valence-electron chi connectivity index (χ2n) is 9.65. The molecule has 0 bridgehead atoms. The zero-order chi connectivity index (χ0) is 19.6. The Hall–Kier alpha value is -2.55. The first-order valence-corrected chi connectivity index (χ1v) is 9.59. The molecule has 0 saturated carbocycles. The molecule has 0 saturated heterocycles. The van der Waals surface area contributed by atoms with E-state index in [4.69, 9.17) is 4.98 Å². The molecule has 1 aliphatic heterocycles. The average Bonchev–Trinajstić information content (AvgIpc) is 3.10. The Morgan fingerprint density at radius 2 is 1.52 bits per heavy atom. The molecule has 4 rings (SSSR count). The monoisotopic (exact) mass is 360 g/mol. The van der Waals surface area contributed by atoms with Crippen LogP contribution in [0.2, 0.25) is 0 Å². The molecule has 2 heterocycles. The number of phenols is 1. The normalized spacial score (nSPS) is 13.6. The lowest BCUT2D eigenvalue weighted by atomic mass is 9.78. The van der Waals surface area contributed by atoms with Crippen molar-refractivity contribution in [2.24, 2.45) is 0 Å². The van der Waals surface area contributed by atoms with Gasteiger partial charge in [0.2, 0.25) is 0 Å². The number of hydrogen-bond donors (Lipinski definition) is 1. The molecular weight excluding hydrogens is 332 g/mol. The number of phenolic OH excluding ortho intramolecular Hbond substituents is 1. The topological polar surface area (TPSA) is 38.0 Å². The van der Waals surface area contributed by atoms with Crippen LogP contribution in [0.15, 0.2) is 42.6 Å². The quantitative estimate of drug-likeness (QED) is 0.460. The summed E-state index contributed by atoms with van der Waals surface area (Å²) < 4.78 is 2.22. The summed E-state index contributed by atoms with van der Waals surface area (Å²) in [7, 11) is 0. The van der Waals surface area contributed by atoms with Gasteiger partial charge in [-0.3, -0.25) is 0 Å².